The Hall–Kier alpha value is -0.820. The van der Waals surface area contributed by atoms with E-state index in [2.05, 4.69) is 42.6 Å². The van der Waals surface area contributed by atoms with E-state index >= 15 is 0 Å². The minimum atomic E-state index is 0.582. The largest absolute Gasteiger partial charge is 0.310 e. The van der Waals surface area contributed by atoms with E-state index < -0.39 is 0 Å². The average molecular weight is 245 g/mol. The minimum Gasteiger partial charge on any atom is -0.310 e. The van der Waals surface area contributed by atoms with Gasteiger partial charge in [-0.05, 0) is 37.3 Å². The summed E-state index contributed by atoms with van der Waals surface area (Å²) in [6.07, 6.45) is 9.65. The van der Waals surface area contributed by atoms with Crippen LogP contribution in [0.1, 0.15) is 63.5 Å². The molecule has 1 aliphatic rings. The highest BCUT2D eigenvalue weighted by atomic mass is 14.9. The number of hydrogen-bond donors (Lipinski definition) is 1. The van der Waals surface area contributed by atoms with Gasteiger partial charge in [0.2, 0.25) is 0 Å². The van der Waals surface area contributed by atoms with Crippen LogP contribution in [0.15, 0.2) is 30.3 Å². The Balaban J connectivity index is 2.01. The van der Waals surface area contributed by atoms with E-state index in [1.54, 1.807) is 0 Å². The molecule has 0 spiro atoms. The van der Waals surface area contributed by atoms with Gasteiger partial charge < -0.3 is 5.32 Å². The molecule has 1 unspecified atom stereocenters. The second-order valence-corrected chi connectivity index (χ2v) is 5.59. The first-order valence-corrected chi connectivity index (χ1v) is 7.70. The van der Waals surface area contributed by atoms with Crippen LogP contribution in [0, 0.1) is 5.92 Å². The molecule has 1 aromatic carbocycles. The maximum atomic E-state index is 3.81. The lowest BCUT2D eigenvalue weighted by Gasteiger charge is -2.31. The number of rotatable bonds is 6. The van der Waals surface area contributed by atoms with Crippen LogP contribution >= 0.6 is 0 Å². The van der Waals surface area contributed by atoms with Gasteiger partial charge in [-0.2, -0.15) is 0 Å². The summed E-state index contributed by atoms with van der Waals surface area (Å²) in [4.78, 5) is 0. The van der Waals surface area contributed by atoms with Gasteiger partial charge in [-0.1, -0.05) is 62.9 Å². The Morgan fingerprint density at radius 3 is 2.50 bits per heavy atom. The molecule has 0 heterocycles. The molecular weight excluding hydrogens is 218 g/mol. The van der Waals surface area contributed by atoms with E-state index in [9.17, 15) is 0 Å². The summed E-state index contributed by atoms with van der Waals surface area (Å²) in [6, 6.07) is 11.6. The van der Waals surface area contributed by atoms with Crippen LogP contribution in [-0.2, 0) is 0 Å². The quantitative estimate of drug-likeness (QED) is 0.716. The van der Waals surface area contributed by atoms with E-state index in [-0.39, 0.29) is 0 Å². The predicted octanol–water partition coefficient (Wildman–Crippen LogP) is 4.70. The van der Waals surface area contributed by atoms with Gasteiger partial charge in [0.05, 0.1) is 0 Å². The molecule has 1 aromatic rings. The van der Waals surface area contributed by atoms with E-state index in [0.29, 0.717) is 6.04 Å². The van der Waals surface area contributed by atoms with Crippen LogP contribution in [0.2, 0.25) is 0 Å². The van der Waals surface area contributed by atoms with E-state index in [4.69, 9.17) is 0 Å². The van der Waals surface area contributed by atoms with Crippen LogP contribution < -0.4 is 5.32 Å². The molecule has 0 bridgehead atoms. The van der Waals surface area contributed by atoms with Crippen LogP contribution in [0.5, 0.6) is 0 Å². The number of unbranched alkanes of at least 4 members (excludes halogenated alkanes) is 1. The maximum absolute atomic E-state index is 3.81. The molecule has 1 fully saturated rings. The van der Waals surface area contributed by atoms with Gasteiger partial charge in [0, 0.05) is 6.04 Å². The molecule has 1 saturated carbocycles. The van der Waals surface area contributed by atoms with Crippen molar-refractivity contribution < 1.29 is 0 Å². The Morgan fingerprint density at radius 1 is 1.11 bits per heavy atom. The number of hydrogen-bond acceptors (Lipinski definition) is 1. The van der Waals surface area contributed by atoms with Gasteiger partial charge in [0.25, 0.3) is 0 Å². The van der Waals surface area contributed by atoms with Crippen molar-refractivity contribution in [2.24, 2.45) is 5.92 Å². The van der Waals surface area contributed by atoms with Crippen molar-refractivity contribution in [3.8, 4) is 0 Å². The summed E-state index contributed by atoms with van der Waals surface area (Å²) in [5, 5.41) is 3.81. The molecule has 0 saturated heterocycles. The maximum Gasteiger partial charge on any atom is 0.0348 e. The van der Waals surface area contributed by atoms with Crippen molar-refractivity contribution in [3.63, 3.8) is 0 Å². The fourth-order valence-electron chi connectivity index (χ4n) is 3.12. The van der Waals surface area contributed by atoms with E-state index in [1.807, 2.05) is 0 Å². The molecule has 100 valence electrons. The molecule has 0 aromatic heterocycles. The zero-order valence-electron chi connectivity index (χ0n) is 11.7. The molecule has 0 radical (unpaired) electrons. The third-order valence-electron chi connectivity index (χ3n) is 4.17. The van der Waals surface area contributed by atoms with Crippen molar-refractivity contribution in [2.45, 2.75) is 57.9 Å². The first-order valence-electron chi connectivity index (χ1n) is 7.70. The highest BCUT2D eigenvalue weighted by molar-refractivity contribution is 5.19. The predicted molar refractivity (Wildman–Crippen MR) is 78.7 cm³/mol. The zero-order chi connectivity index (χ0) is 12.6. The molecule has 18 heavy (non-hydrogen) atoms. The third-order valence-corrected chi connectivity index (χ3v) is 4.17. The fourth-order valence-corrected chi connectivity index (χ4v) is 3.12. The summed E-state index contributed by atoms with van der Waals surface area (Å²) >= 11 is 0. The minimum absolute atomic E-state index is 0.582. The average Bonchev–Trinajstić information content (AvgIpc) is 2.46. The van der Waals surface area contributed by atoms with Crippen molar-refractivity contribution in [1.82, 2.24) is 5.32 Å². The lowest BCUT2D eigenvalue weighted by molar-refractivity contribution is 0.271. The molecule has 0 aliphatic heterocycles. The molecule has 1 N–H and O–H groups in total. The Kier molecular flexibility index (Phi) is 5.73. The fraction of sp³-hybridized carbons (Fsp3) is 0.647. The second kappa shape index (κ2) is 7.58. The van der Waals surface area contributed by atoms with Crippen LogP contribution in [-0.4, -0.2) is 6.54 Å². The summed E-state index contributed by atoms with van der Waals surface area (Å²) < 4.78 is 0. The third kappa shape index (κ3) is 3.84. The van der Waals surface area contributed by atoms with Gasteiger partial charge in [0.1, 0.15) is 0 Å². The summed E-state index contributed by atoms with van der Waals surface area (Å²) in [7, 11) is 0. The molecule has 1 aliphatic carbocycles. The lowest BCUT2D eigenvalue weighted by Crippen LogP contribution is -2.30. The lowest BCUT2D eigenvalue weighted by atomic mass is 9.81. The molecule has 2 rings (SSSR count). The second-order valence-electron chi connectivity index (χ2n) is 5.59. The standard InChI is InChI=1S/C17H27N/c1-2-3-14-18-17(15-10-6-4-7-11-15)16-12-8-5-9-13-16/h4,6-7,10-11,16-18H,2-3,5,8-9,12-14H2,1H3. The topological polar surface area (TPSA) is 12.0 Å². The summed E-state index contributed by atoms with van der Waals surface area (Å²) in [5.41, 5.74) is 1.49. The number of benzene rings is 1. The molecule has 0 amide bonds. The molecular formula is C17H27N. The van der Waals surface area contributed by atoms with E-state index in [1.165, 1.54) is 50.5 Å². The van der Waals surface area contributed by atoms with Gasteiger partial charge in [-0.15, -0.1) is 0 Å². The zero-order valence-corrected chi connectivity index (χ0v) is 11.7. The number of nitrogens with one attached hydrogen (secondary N) is 1. The van der Waals surface area contributed by atoms with Crippen LogP contribution in [0.4, 0.5) is 0 Å². The van der Waals surface area contributed by atoms with Crippen LogP contribution in [0.25, 0.3) is 0 Å². The SMILES string of the molecule is CCCCNC(c1ccccc1)C1CCCCC1. The highest BCUT2D eigenvalue weighted by Gasteiger charge is 2.24. The Morgan fingerprint density at radius 2 is 1.83 bits per heavy atom. The first-order chi connectivity index (χ1) is 8.92. The Labute approximate surface area is 112 Å². The van der Waals surface area contributed by atoms with Gasteiger partial charge in [-0.25, -0.2) is 0 Å². The summed E-state index contributed by atoms with van der Waals surface area (Å²) in [5.74, 6) is 0.845. The first kappa shape index (κ1) is 13.6. The summed E-state index contributed by atoms with van der Waals surface area (Å²) in [6.45, 7) is 3.42. The molecule has 1 atom stereocenters. The normalized spacial score (nSPS) is 18.7. The smallest absolute Gasteiger partial charge is 0.0348 e. The van der Waals surface area contributed by atoms with Crippen LogP contribution in [0.3, 0.4) is 0 Å². The molecule has 1 nitrogen and oxygen atoms in total. The van der Waals surface area contributed by atoms with Gasteiger partial charge in [0.15, 0.2) is 0 Å². The van der Waals surface area contributed by atoms with Crippen molar-refractivity contribution in [2.75, 3.05) is 6.54 Å². The van der Waals surface area contributed by atoms with Crippen molar-refractivity contribution in [3.05, 3.63) is 35.9 Å². The van der Waals surface area contributed by atoms with Crippen molar-refractivity contribution >= 4 is 0 Å². The van der Waals surface area contributed by atoms with Gasteiger partial charge in [-0.3, -0.25) is 0 Å². The Bertz CT molecular complexity index is 314. The van der Waals surface area contributed by atoms with E-state index in [0.717, 1.165) is 12.5 Å². The monoisotopic (exact) mass is 245 g/mol. The van der Waals surface area contributed by atoms with Crippen molar-refractivity contribution in [1.29, 1.82) is 0 Å². The molecule has 1 heteroatoms. The van der Waals surface area contributed by atoms with Gasteiger partial charge >= 0.3 is 0 Å². The highest BCUT2D eigenvalue weighted by Crippen LogP contribution is 2.34.